The van der Waals surface area contributed by atoms with Gasteiger partial charge < -0.3 is 15.4 Å². The van der Waals surface area contributed by atoms with Gasteiger partial charge in [-0.2, -0.15) is 0 Å². The average Bonchev–Trinajstić information content (AvgIpc) is 2.96. The number of hydrogen-bond donors (Lipinski definition) is 2. The highest BCUT2D eigenvalue weighted by Gasteiger charge is 2.20. The summed E-state index contributed by atoms with van der Waals surface area (Å²) in [6.45, 7) is 0.359. The minimum atomic E-state index is -1.00. The number of amides is 2. The van der Waals surface area contributed by atoms with E-state index in [2.05, 4.69) is 10.6 Å². The summed E-state index contributed by atoms with van der Waals surface area (Å²) in [6.07, 6.45) is -1.00. The number of non-ortho nitro benzene ring substituents is 2. The van der Waals surface area contributed by atoms with Gasteiger partial charge in [-0.3, -0.25) is 29.8 Å². The van der Waals surface area contributed by atoms with Gasteiger partial charge in [-0.15, -0.1) is 0 Å². The number of nitro groups is 2. The molecule has 0 atom stereocenters. The summed E-state index contributed by atoms with van der Waals surface area (Å²) in [7, 11) is 0. The quantitative estimate of drug-likeness (QED) is 0.168. The Morgan fingerprint density at radius 3 is 1.56 bits per heavy atom. The van der Waals surface area contributed by atoms with E-state index in [1.807, 2.05) is 30.3 Å². The molecule has 2 amide bonds. The fourth-order valence-electron chi connectivity index (χ4n) is 3.60. The Kier molecular flexibility index (Phi) is 8.22. The van der Waals surface area contributed by atoms with Gasteiger partial charge in [0.25, 0.3) is 23.2 Å². The van der Waals surface area contributed by atoms with E-state index in [1.54, 1.807) is 24.3 Å². The second-order valence-electron chi connectivity index (χ2n) is 8.33. The molecule has 0 unspecified atom stereocenters. The number of hydrogen-bond acceptors (Lipinski definition) is 7. The highest BCUT2D eigenvalue weighted by molar-refractivity contribution is 5.97. The Hall–Kier alpha value is -5.58. The monoisotopic (exact) mass is 526 g/mol. The molecule has 0 spiro atoms. The molecule has 11 nitrogen and oxygen atoms in total. The van der Waals surface area contributed by atoms with Gasteiger partial charge in [0.15, 0.2) is 0 Å². The maximum atomic E-state index is 12.9. The Bertz CT molecular complexity index is 1400. The highest BCUT2D eigenvalue weighted by atomic mass is 16.6. The summed E-state index contributed by atoms with van der Waals surface area (Å²) in [5.41, 5.74) is 1.48. The smallest absolute Gasteiger partial charge is 0.269 e. The number of nitrogens with one attached hydrogen (secondary N) is 2. The predicted octanol–water partition coefficient (Wildman–Crippen LogP) is 4.94. The molecule has 0 heterocycles. The lowest BCUT2D eigenvalue weighted by atomic mass is 10.1. The van der Waals surface area contributed by atoms with Gasteiger partial charge in [0, 0.05) is 35.4 Å². The lowest BCUT2D eigenvalue weighted by Gasteiger charge is -2.21. The molecule has 0 saturated carbocycles. The van der Waals surface area contributed by atoms with Gasteiger partial charge in [0.1, 0.15) is 18.5 Å². The van der Waals surface area contributed by atoms with Crippen molar-refractivity contribution in [1.82, 2.24) is 10.6 Å². The third-order valence-corrected chi connectivity index (χ3v) is 5.69. The summed E-state index contributed by atoms with van der Waals surface area (Å²) in [5, 5.41) is 27.3. The first kappa shape index (κ1) is 26.5. The molecule has 39 heavy (non-hydrogen) atoms. The van der Waals surface area contributed by atoms with Crippen LogP contribution in [0.2, 0.25) is 0 Å². The van der Waals surface area contributed by atoms with Crippen LogP contribution in [0.1, 0.15) is 38.0 Å². The molecule has 0 radical (unpaired) electrons. The summed E-state index contributed by atoms with van der Waals surface area (Å²) < 4.78 is 5.80. The zero-order valence-electron chi connectivity index (χ0n) is 20.4. The minimum Gasteiger partial charge on any atom is -0.489 e. The van der Waals surface area contributed by atoms with E-state index >= 15 is 0 Å². The van der Waals surface area contributed by atoms with E-state index in [-0.39, 0.29) is 22.5 Å². The molecular weight excluding hydrogens is 504 g/mol. The fourth-order valence-corrected chi connectivity index (χ4v) is 3.60. The number of nitrogens with zero attached hydrogens (tertiary/aromatic N) is 2. The van der Waals surface area contributed by atoms with Crippen LogP contribution in [-0.2, 0) is 6.61 Å². The fraction of sp³-hybridized carbons (Fsp3) is 0.0714. The second kappa shape index (κ2) is 12.1. The summed E-state index contributed by atoms with van der Waals surface area (Å²) in [4.78, 5) is 46.6. The first-order valence-corrected chi connectivity index (χ1v) is 11.7. The van der Waals surface area contributed by atoms with Crippen molar-refractivity contribution in [3.8, 4) is 5.75 Å². The zero-order chi connectivity index (χ0) is 27.8. The highest BCUT2D eigenvalue weighted by Crippen LogP contribution is 2.20. The Balaban J connectivity index is 1.53. The molecule has 196 valence electrons. The molecule has 0 saturated heterocycles. The maximum Gasteiger partial charge on any atom is 0.269 e. The van der Waals surface area contributed by atoms with Gasteiger partial charge in [0.2, 0.25) is 0 Å². The van der Waals surface area contributed by atoms with Gasteiger partial charge >= 0.3 is 0 Å². The molecular formula is C28H22N4O7. The van der Waals surface area contributed by atoms with E-state index in [9.17, 15) is 29.8 Å². The van der Waals surface area contributed by atoms with Crippen LogP contribution in [0.3, 0.4) is 0 Å². The molecule has 0 aliphatic carbocycles. The third-order valence-electron chi connectivity index (χ3n) is 5.69. The lowest BCUT2D eigenvalue weighted by molar-refractivity contribution is -0.385. The summed E-state index contributed by atoms with van der Waals surface area (Å²) in [5.74, 6) is -0.587. The summed E-state index contributed by atoms with van der Waals surface area (Å²) >= 11 is 0. The van der Waals surface area contributed by atoms with Crippen molar-refractivity contribution in [3.63, 3.8) is 0 Å². The SMILES string of the molecule is O=C(NC(NC(=O)c1ccc([N+](=O)[O-])cc1)c1ccc(OCc2ccccc2)cc1)c1ccc([N+](=O)[O-])cc1. The Morgan fingerprint density at radius 1 is 0.667 bits per heavy atom. The van der Waals surface area contributed by atoms with Crippen molar-refractivity contribution in [2.75, 3.05) is 0 Å². The first-order valence-electron chi connectivity index (χ1n) is 11.7. The molecule has 2 N–H and O–H groups in total. The average molecular weight is 527 g/mol. The van der Waals surface area contributed by atoms with Gasteiger partial charge in [-0.05, 0) is 47.5 Å². The van der Waals surface area contributed by atoms with Crippen molar-refractivity contribution in [3.05, 3.63) is 146 Å². The molecule has 4 aromatic rings. The largest absolute Gasteiger partial charge is 0.489 e. The van der Waals surface area contributed by atoms with Crippen LogP contribution in [0.5, 0.6) is 5.75 Å². The molecule has 0 aliphatic rings. The molecule has 0 aliphatic heterocycles. The number of ether oxygens (including phenoxy) is 1. The molecule has 0 aromatic heterocycles. The molecule has 0 bridgehead atoms. The van der Waals surface area contributed by atoms with Crippen LogP contribution in [0.25, 0.3) is 0 Å². The van der Waals surface area contributed by atoms with Gasteiger partial charge in [-0.1, -0.05) is 42.5 Å². The van der Waals surface area contributed by atoms with Crippen molar-refractivity contribution in [2.24, 2.45) is 0 Å². The van der Waals surface area contributed by atoms with E-state index in [0.29, 0.717) is 17.9 Å². The van der Waals surface area contributed by atoms with Gasteiger partial charge in [-0.25, -0.2) is 0 Å². The van der Waals surface area contributed by atoms with Gasteiger partial charge in [0.05, 0.1) is 9.85 Å². The topological polar surface area (TPSA) is 154 Å². The normalized spacial score (nSPS) is 10.5. The van der Waals surface area contributed by atoms with E-state index in [4.69, 9.17) is 4.74 Å². The number of rotatable bonds is 10. The van der Waals surface area contributed by atoms with Crippen LogP contribution >= 0.6 is 0 Å². The van der Waals surface area contributed by atoms with Crippen molar-refractivity contribution in [2.45, 2.75) is 12.8 Å². The van der Waals surface area contributed by atoms with E-state index < -0.39 is 27.8 Å². The minimum absolute atomic E-state index is 0.151. The van der Waals surface area contributed by atoms with E-state index in [0.717, 1.165) is 5.56 Å². The second-order valence-corrected chi connectivity index (χ2v) is 8.33. The van der Waals surface area contributed by atoms with Crippen LogP contribution in [0.15, 0.2) is 103 Å². The predicted molar refractivity (Wildman–Crippen MR) is 141 cm³/mol. The lowest BCUT2D eigenvalue weighted by Crippen LogP contribution is -2.41. The van der Waals surface area contributed by atoms with E-state index in [1.165, 1.54) is 48.5 Å². The van der Waals surface area contributed by atoms with Crippen molar-refractivity contribution in [1.29, 1.82) is 0 Å². The van der Waals surface area contributed by atoms with Crippen LogP contribution in [0.4, 0.5) is 11.4 Å². The molecule has 4 rings (SSSR count). The van der Waals surface area contributed by atoms with Crippen molar-refractivity contribution >= 4 is 23.2 Å². The standard InChI is InChI=1S/C28H22N4O7/c33-27(21-6-12-23(13-7-21)31(35)36)29-26(30-28(34)22-8-14-24(15-9-22)32(37)38)20-10-16-25(17-11-20)39-18-19-4-2-1-3-5-19/h1-17,26H,18H2,(H,29,33)(H,30,34). The Labute approximate surface area is 222 Å². The number of carbonyl (C=O) groups is 2. The third kappa shape index (κ3) is 7.01. The number of nitro benzene ring substituents is 2. The Morgan fingerprint density at radius 2 is 1.13 bits per heavy atom. The number of carbonyl (C=O) groups excluding carboxylic acids is 2. The molecule has 4 aromatic carbocycles. The van der Waals surface area contributed by atoms with Crippen LogP contribution in [0, 0.1) is 20.2 Å². The van der Waals surface area contributed by atoms with Crippen LogP contribution in [-0.4, -0.2) is 21.7 Å². The maximum absolute atomic E-state index is 12.9. The first-order chi connectivity index (χ1) is 18.8. The molecule has 11 heteroatoms. The van der Waals surface area contributed by atoms with Crippen LogP contribution < -0.4 is 15.4 Å². The summed E-state index contributed by atoms with van der Waals surface area (Å²) in [6, 6.07) is 26.4. The number of benzene rings is 4. The molecule has 0 fully saturated rings. The zero-order valence-corrected chi connectivity index (χ0v) is 20.4. The van der Waals surface area contributed by atoms with Crippen molar-refractivity contribution < 1.29 is 24.2 Å².